The quantitative estimate of drug-likeness (QED) is 0.614. The standard InChI is InChI=1S/C13H13NOS.C4H4O4/c14-9-10-3-1-2-4-13(10)16-12-7-5-11(15)6-8-12;5-3(6)1-2-4(7)8/h1-8,15H,9,14H2;1-2H,(H,5,6)(H,7,8)/b;2-1-. The second kappa shape index (κ2) is 10.1. The van der Waals surface area contributed by atoms with E-state index in [1.165, 1.54) is 0 Å². The van der Waals surface area contributed by atoms with Crippen molar-refractivity contribution < 1.29 is 24.9 Å². The first-order chi connectivity index (χ1) is 11.4. The van der Waals surface area contributed by atoms with Gasteiger partial charge in [0.25, 0.3) is 0 Å². The van der Waals surface area contributed by atoms with E-state index in [1.807, 2.05) is 30.3 Å². The summed E-state index contributed by atoms with van der Waals surface area (Å²) < 4.78 is 0. The van der Waals surface area contributed by atoms with Crippen molar-refractivity contribution in [3.8, 4) is 5.75 Å². The van der Waals surface area contributed by atoms with Crippen molar-refractivity contribution in [3.63, 3.8) is 0 Å². The van der Waals surface area contributed by atoms with Crippen molar-refractivity contribution in [2.75, 3.05) is 0 Å². The lowest BCUT2D eigenvalue weighted by atomic mass is 10.2. The highest BCUT2D eigenvalue weighted by atomic mass is 32.2. The Morgan fingerprint density at radius 1 is 0.958 bits per heavy atom. The summed E-state index contributed by atoms with van der Waals surface area (Å²) in [5, 5.41) is 24.8. The highest BCUT2D eigenvalue weighted by molar-refractivity contribution is 7.99. The highest BCUT2D eigenvalue weighted by Crippen LogP contribution is 2.30. The first-order valence-electron chi connectivity index (χ1n) is 6.81. The molecule has 0 radical (unpaired) electrons. The predicted molar refractivity (Wildman–Crippen MR) is 91.0 cm³/mol. The molecule has 0 aliphatic rings. The monoisotopic (exact) mass is 347 g/mol. The first kappa shape index (κ1) is 19.3. The van der Waals surface area contributed by atoms with Gasteiger partial charge in [-0.2, -0.15) is 0 Å². The van der Waals surface area contributed by atoms with Crippen molar-refractivity contribution in [2.24, 2.45) is 5.73 Å². The van der Waals surface area contributed by atoms with Crippen LogP contribution in [0.25, 0.3) is 0 Å². The molecule has 2 aromatic carbocycles. The number of phenols is 1. The number of rotatable bonds is 5. The molecule has 126 valence electrons. The minimum Gasteiger partial charge on any atom is -0.508 e. The molecule has 0 aliphatic heterocycles. The zero-order valence-electron chi connectivity index (χ0n) is 12.6. The van der Waals surface area contributed by atoms with Crippen LogP contribution in [0.15, 0.2) is 70.5 Å². The lowest BCUT2D eigenvalue weighted by molar-refractivity contribution is -0.134. The number of carboxylic acids is 2. The molecule has 0 spiro atoms. The van der Waals surface area contributed by atoms with Crippen LogP contribution in [0.1, 0.15) is 5.56 Å². The van der Waals surface area contributed by atoms with Crippen LogP contribution in [-0.4, -0.2) is 27.3 Å². The largest absolute Gasteiger partial charge is 0.508 e. The number of carbonyl (C=O) groups is 2. The normalized spacial score (nSPS) is 10.0. The summed E-state index contributed by atoms with van der Waals surface area (Å²) in [5.74, 6) is -2.23. The molecule has 7 heteroatoms. The lowest BCUT2D eigenvalue weighted by Gasteiger charge is -2.06. The molecule has 24 heavy (non-hydrogen) atoms. The third-order valence-electron chi connectivity index (χ3n) is 2.63. The van der Waals surface area contributed by atoms with E-state index >= 15 is 0 Å². The van der Waals surface area contributed by atoms with Crippen LogP contribution in [0.3, 0.4) is 0 Å². The van der Waals surface area contributed by atoms with Crippen molar-refractivity contribution in [1.82, 2.24) is 0 Å². The summed E-state index contributed by atoms with van der Waals surface area (Å²) in [6.45, 7) is 0.543. The minimum absolute atomic E-state index is 0.288. The Morgan fingerprint density at radius 2 is 1.50 bits per heavy atom. The van der Waals surface area contributed by atoms with E-state index in [-0.39, 0.29) is 5.75 Å². The van der Waals surface area contributed by atoms with Crippen molar-refractivity contribution in [1.29, 1.82) is 0 Å². The van der Waals surface area contributed by atoms with Gasteiger partial charge in [-0.1, -0.05) is 30.0 Å². The van der Waals surface area contributed by atoms with Gasteiger partial charge in [0.2, 0.25) is 0 Å². The van der Waals surface area contributed by atoms with Crippen molar-refractivity contribution >= 4 is 23.7 Å². The number of hydrogen-bond acceptors (Lipinski definition) is 5. The molecule has 0 aromatic heterocycles. The molecule has 6 nitrogen and oxygen atoms in total. The zero-order valence-corrected chi connectivity index (χ0v) is 13.4. The Balaban J connectivity index is 0.000000307. The molecule has 0 saturated heterocycles. The molecule has 0 saturated carbocycles. The van der Waals surface area contributed by atoms with Gasteiger partial charge in [-0.25, -0.2) is 9.59 Å². The Kier molecular flexibility index (Phi) is 8.10. The number of phenolic OH excluding ortho intramolecular Hbond substituents is 1. The number of carboxylic acid groups (broad SMARTS) is 2. The molecule has 0 aliphatic carbocycles. The number of nitrogens with two attached hydrogens (primary N) is 1. The topological polar surface area (TPSA) is 121 Å². The van der Waals surface area contributed by atoms with E-state index in [0.29, 0.717) is 18.7 Å². The van der Waals surface area contributed by atoms with Gasteiger partial charge >= 0.3 is 11.9 Å². The molecule has 0 amide bonds. The second-order valence-corrected chi connectivity index (χ2v) is 5.53. The maximum Gasteiger partial charge on any atom is 0.328 e. The fourth-order valence-electron chi connectivity index (χ4n) is 1.56. The van der Waals surface area contributed by atoms with Crippen molar-refractivity contribution in [2.45, 2.75) is 16.3 Å². The molecule has 0 unspecified atom stereocenters. The lowest BCUT2D eigenvalue weighted by Crippen LogP contribution is -1.97. The third kappa shape index (κ3) is 7.48. The average Bonchev–Trinajstić information content (AvgIpc) is 2.56. The zero-order chi connectivity index (χ0) is 17.9. The molecule has 5 N–H and O–H groups in total. The summed E-state index contributed by atoms with van der Waals surface area (Å²) in [7, 11) is 0. The Bertz CT molecular complexity index is 697. The molecular weight excluding hydrogens is 330 g/mol. The van der Waals surface area contributed by atoms with E-state index in [4.69, 9.17) is 15.9 Å². The summed E-state index contributed by atoms with van der Waals surface area (Å²) in [6.07, 6.45) is 1.12. The average molecular weight is 347 g/mol. The van der Waals surface area contributed by atoms with Gasteiger partial charge in [-0.15, -0.1) is 0 Å². The maximum atomic E-state index is 9.55. The Morgan fingerprint density at radius 3 is 2.00 bits per heavy atom. The highest BCUT2D eigenvalue weighted by Gasteiger charge is 2.02. The second-order valence-electron chi connectivity index (χ2n) is 4.42. The van der Waals surface area contributed by atoms with E-state index in [2.05, 4.69) is 6.07 Å². The summed E-state index contributed by atoms with van der Waals surface area (Å²) >= 11 is 1.66. The summed E-state index contributed by atoms with van der Waals surface area (Å²) in [6, 6.07) is 15.2. The molecule has 0 bridgehead atoms. The van der Waals surface area contributed by atoms with E-state index in [9.17, 15) is 14.7 Å². The number of benzene rings is 2. The smallest absolute Gasteiger partial charge is 0.328 e. The van der Waals surface area contributed by atoms with Gasteiger partial charge < -0.3 is 21.1 Å². The Hall–Kier alpha value is -2.77. The molecule has 0 atom stereocenters. The van der Waals surface area contributed by atoms with Crippen LogP contribution in [0, 0.1) is 0 Å². The molecule has 2 rings (SSSR count). The molecule has 0 fully saturated rings. The van der Waals surface area contributed by atoms with E-state index < -0.39 is 11.9 Å². The number of hydrogen-bond donors (Lipinski definition) is 4. The summed E-state index contributed by atoms with van der Waals surface area (Å²) in [4.78, 5) is 21.4. The van der Waals surface area contributed by atoms with Gasteiger partial charge in [-0.05, 0) is 35.9 Å². The first-order valence-corrected chi connectivity index (χ1v) is 7.63. The van der Waals surface area contributed by atoms with Crippen LogP contribution >= 0.6 is 11.8 Å². The van der Waals surface area contributed by atoms with Gasteiger partial charge in [0.15, 0.2) is 0 Å². The fourth-order valence-corrected chi connectivity index (χ4v) is 2.51. The maximum absolute atomic E-state index is 9.55. The summed E-state index contributed by atoms with van der Waals surface area (Å²) in [5.41, 5.74) is 6.81. The van der Waals surface area contributed by atoms with Gasteiger partial charge in [-0.3, -0.25) is 0 Å². The van der Waals surface area contributed by atoms with Gasteiger partial charge in [0.05, 0.1) is 0 Å². The van der Waals surface area contributed by atoms with E-state index in [0.717, 1.165) is 15.4 Å². The van der Waals surface area contributed by atoms with Crippen LogP contribution < -0.4 is 5.73 Å². The molecule has 0 heterocycles. The molecular formula is C17H17NO5S. The SMILES string of the molecule is NCc1ccccc1Sc1ccc(O)cc1.O=C(O)/C=C\C(=O)O. The number of aliphatic carboxylic acids is 2. The van der Waals surface area contributed by atoms with Gasteiger partial charge in [0, 0.05) is 28.5 Å². The number of aromatic hydroxyl groups is 1. The third-order valence-corrected chi connectivity index (χ3v) is 3.75. The fraction of sp³-hybridized carbons (Fsp3) is 0.0588. The van der Waals surface area contributed by atoms with Gasteiger partial charge in [0.1, 0.15) is 5.75 Å². The Labute approximate surface area is 143 Å². The van der Waals surface area contributed by atoms with E-state index in [1.54, 1.807) is 23.9 Å². The minimum atomic E-state index is -1.26. The van der Waals surface area contributed by atoms with Crippen molar-refractivity contribution in [3.05, 3.63) is 66.2 Å². The van der Waals surface area contributed by atoms with Crippen LogP contribution in [0.5, 0.6) is 5.75 Å². The van der Waals surface area contributed by atoms with Crippen LogP contribution in [0.4, 0.5) is 0 Å². The predicted octanol–water partition coefficient (Wildman–Crippen LogP) is 2.71. The van der Waals surface area contributed by atoms with Crippen LogP contribution in [-0.2, 0) is 16.1 Å². The molecule has 2 aromatic rings. The van der Waals surface area contributed by atoms with Crippen LogP contribution in [0.2, 0.25) is 0 Å².